The SMILES string of the molecule is CCOc1ccc(N(CC(=O)N(Cc2c(Cl)cccc2Cl)[C@@H](Cc2ccccc2)C(=O)NCC(C)C)S(=O)(=O)c2ccc(Br)cc2)cc1. The topological polar surface area (TPSA) is 96.0 Å². The van der Waals surface area contributed by atoms with Crippen LogP contribution in [0.2, 0.25) is 10.0 Å². The molecule has 254 valence electrons. The summed E-state index contributed by atoms with van der Waals surface area (Å²) >= 11 is 16.5. The number of halogens is 3. The lowest BCUT2D eigenvalue weighted by atomic mass is 10.0. The lowest BCUT2D eigenvalue weighted by Gasteiger charge is -2.34. The van der Waals surface area contributed by atoms with Crippen LogP contribution in [-0.2, 0) is 32.6 Å². The Morgan fingerprint density at radius 3 is 2.08 bits per heavy atom. The monoisotopic (exact) mass is 773 g/mol. The van der Waals surface area contributed by atoms with E-state index in [9.17, 15) is 18.0 Å². The molecule has 0 aliphatic heterocycles. The Morgan fingerprint density at radius 2 is 1.50 bits per heavy atom. The van der Waals surface area contributed by atoms with E-state index in [-0.39, 0.29) is 35.4 Å². The zero-order valence-electron chi connectivity index (χ0n) is 26.9. The highest BCUT2D eigenvalue weighted by Gasteiger charge is 2.35. The second kappa shape index (κ2) is 17.2. The molecular formula is C36H38BrCl2N3O5S. The first-order valence-corrected chi connectivity index (χ1v) is 18.4. The molecule has 0 heterocycles. The second-order valence-electron chi connectivity index (χ2n) is 11.5. The third-order valence-corrected chi connectivity index (χ3v) is 10.5. The van der Waals surface area contributed by atoms with Crippen LogP contribution in [-0.4, -0.2) is 50.9 Å². The summed E-state index contributed by atoms with van der Waals surface area (Å²) in [7, 11) is -4.27. The van der Waals surface area contributed by atoms with Gasteiger partial charge in [0.15, 0.2) is 0 Å². The maximum Gasteiger partial charge on any atom is 0.264 e. The fraction of sp³-hybridized carbons (Fsp3) is 0.278. The van der Waals surface area contributed by atoms with Crippen molar-refractivity contribution in [1.82, 2.24) is 10.2 Å². The molecule has 8 nitrogen and oxygen atoms in total. The fourth-order valence-electron chi connectivity index (χ4n) is 4.97. The van der Waals surface area contributed by atoms with E-state index in [2.05, 4.69) is 21.2 Å². The van der Waals surface area contributed by atoms with Gasteiger partial charge in [0.2, 0.25) is 11.8 Å². The molecule has 0 aliphatic carbocycles. The molecule has 0 aliphatic rings. The molecule has 0 unspecified atom stereocenters. The van der Waals surface area contributed by atoms with Gasteiger partial charge in [-0.05, 0) is 79.1 Å². The molecule has 48 heavy (non-hydrogen) atoms. The molecule has 0 saturated heterocycles. The minimum atomic E-state index is -4.27. The molecule has 1 atom stereocenters. The van der Waals surface area contributed by atoms with E-state index in [4.69, 9.17) is 27.9 Å². The van der Waals surface area contributed by atoms with Gasteiger partial charge in [-0.3, -0.25) is 13.9 Å². The smallest absolute Gasteiger partial charge is 0.264 e. The number of ether oxygens (including phenoxy) is 1. The molecule has 0 spiro atoms. The van der Waals surface area contributed by atoms with Crippen LogP contribution in [0.15, 0.2) is 106 Å². The van der Waals surface area contributed by atoms with Crippen molar-refractivity contribution in [3.63, 3.8) is 0 Å². The van der Waals surface area contributed by atoms with Crippen molar-refractivity contribution in [2.75, 3.05) is 24.0 Å². The zero-order chi connectivity index (χ0) is 34.8. The summed E-state index contributed by atoms with van der Waals surface area (Å²) < 4.78 is 35.8. The highest BCUT2D eigenvalue weighted by molar-refractivity contribution is 9.10. The van der Waals surface area contributed by atoms with Gasteiger partial charge in [0, 0.05) is 39.6 Å². The van der Waals surface area contributed by atoms with E-state index >= 15 is 0 Å². The maximum atomic E-state index is 14.7. The second-order valence-corrected chi connectivity index (χ2v) is 15.1. The number of benzene rings is 4. The first kappa shape index (κ1) is 37.3. The number of nitrogens with zero attached hydrogens (tertiary/aromatic N) is 2. The summed E-state index contributed by atoms with van der Waals surface area (Å²) in [6.45, 7) is 5.85. The van der Waals surface area contributed by atoms with E-state index in [1.54, 1.807) is 54.6 Å². The normalized spacial score (nSPS) is 12.0. The minimum absolute atomic E-state index is 0.0106. The Labute approximate surface area is 301 Å². The van der Waals surface area contributed by atoms with Crippen LogP contribution < -0.4 is 14.4 Å². The third-order valence-electron chi connectivity index (χ3n) is 7.46. The number of sulfonamides is 1. The predicted molar refractivity (Wildman–Crippen MR) is 195 cm³/mol. The van der Waals surface area contributed by atoms with E-state index in [0.29, 0.717) is 39.0 Å². The van der Waals surface area contributed by atoms with Crippen LogP contribution in [0.1, 0.15) is 31.9 Å². The lowest BCUT2D eigenvalue weighted by Crippen LogP contribution is -2.53. The molecule has 0 fully saturated rings. The molecule has 4 rings (SSSR count). The third kappa shape index (κ3) is 9.75. The standard InChI is InChI=1S/C36H38BrCl2N3O5S/c1-4-47-29-17-15-28(16-18-29)42(48(45,46)30-19-13-27(37)14-20-30)24-35(43)41(23-31-32(38)11-8-12-33(31)39)34(36(44)40-22-25(2)3)21-26-9-6-5-7-10-26/h5-20,25,34H,4,21-24H2,1-3H3,(H,40,44)/t34-/m0/s1. The molecule has 4 aromatic carbocycles. The Morgan fingerprint density at radius 1 is 0.875 bits per heavy atom. The molecule has 4 aromatic rings. The summed E-state index contributed by atoms with van der Waals surface area (Å²) in [5.41, 5.74) is 1.50. The van der Waals surface area contributed by atoms with Crippen molar-refractivity contribution in [1.29, 1.82) is 0 Å². The Balaban J connectivity index is 1.83. The van der Waals surface area contributed by atoms with Crippen LogP contribution in [0.25, 0.3) is 0 Å². The average Bonchev–Trinajstić information content (AvgIpc) is 3.06. The quantitative estimate of drug-likeness (QED) is 0.133. The van der Waals surface area contributed by atoms with Crippen LogP contribution in [0.4, 0.5) is 5.69 Å². The predicted octanol–water partition coefficient (Wildman–Crippen LogP) is 7.76. The van der Waals surface area contributed by atoms with Crippen LogP contribution in [0.5, 0.6) is 5.75 Å². The first-order valence-electron chi connectivity index (χ1n) is 15.5. The highest BCUT2D eigenvalue weighted by Crippen LogP contribution is 2.30. The number of amides is 2. The number of rotatable bonds is 15. The van der Waals surface area contributed by atoms with Gasteiger partial charge in [-0.15, -0.1) is 0 Å². The summed E-state index contributed by atoms with van der Waals surface area (Å²) in [5.74, 6) is -0.304. The Hall–Kier alpha value is -3.57. The van der Waals surface area contributed by atoms with Crippen molar-refractivity contribution < 1.29 is 22.7 Å². The minimum Gasteiger partial charge on any atom is -0.494 e. The summed E-state index contributed by atoms with van der Waals surface area (Å²) in [4.78, 5) is 30.0. The largest absolute Gasteiger partial charge is 0.494 e. The molecule has 1 N–H and O–H groups in total. The van der Waals surface area contributed by atoms with Crippen molar-refractivity contribution in [2.24, 2.45) is 5.92 Å². The maximum absolute atomic E-state index is 14.7. The Kier molecular flexibility index (Phi) is 13.3. The van der Waals surface area contributed by atoms with E-state index in [0.717, 1.165) is 9.87 Å². The van der Waals surface area contributed by atoms with Gasteiger partial charge in [0.1, 0.15) is 18.3 Å². The molecule has 0 bridgehead atoms. The summed E-state index contributed by atoms with van der Waals surface area (Å²) in [6.07, 6.45) is 0.168. The number of hydrogen-bond donors (Lipinski definition) is 1. The molecular weight excluding hydrogens is 737 g/mol. The zero-order valence-corrected chi connectivity index (χ0v) is 30.8. The van der Waals surface area contributed by atoms with Crippen molar-refractivity contribution in [3.8, 4) is 5.75 Å². The van der Waals surface area contributed by atoms with Crippen molar-refractivity contribution in [2.45, 2.75) is 44.7 Å². The summed E-state index contributed by atoms with van der Waals surface area (Å²) in [6, 6.07) is 25.9. The number of carbonyl (C=O) groups excluding carboxylic acids is 2. The van der Waals surface area contributed by atoms with Gasteiger partial charge in [0.25, 0.3) is 10.0 Å². The van der Waals surface area contributed by atoms with Crippen LogP contribution >= 0.6 is 39.1 Å². The fourth-order valence-corrected chi connectivity index (χ4v) is 7.16. The van der Waals surface area contributed by atoms with Gasteiger partial charge in [-0.2, -0.15) is 0 Å². The number of carbonyl (C=O) groups is 2. The van der Waals surface area contributed by atoms with Crippen LogP contribution in [0.3, 0.4) is 0 Å². The van der Waals surface area contributed by atoms with Crippen molar-refractivity contribution in [3.05, 3.63) is 123 Å². The molecule has 12 heteroatoms. The molecule has 0 aromatic heterocycles. The van der Waals surface area contributed by atoms with E-state index in [1.165, 1.54) is 17.0 Å². The number of anilines is 1. The van der Waals surface area contributed by atoms with Crippen LogP contribution in [0, 0.1) is 5.92 Å². The van der Waals surface area contributed by atoms with Crippen molar-refractivity contribution >= 4 is 66.7 Å². The van der Waals surface area contributed by atoms with Gasteiger partial charge in [-0.1, -0.05) is 89.4 Å². The Bertz CT molecular complexity index is 1770. The van der Waals surface area contributed by atoms with Gasteiger partial charge in [-0.25, -0.2) is 8.42 Å². The van der Waals surface area contributed by atoms with Gasteiger partial charge < -0.3 is 15.0 Å². The van der Waals surface area contributed by atoms with E-state index in [1.807, 2.05) is 51.1 Å². The average molecular weight is 776 g/mol. The molecule has 0 radical (unpaired) electrons. The number of nitrogens with one attached hydrogen (secondary N) is 1. The molecule has 2 amide bonds. The number of hydrogen-bond acceptors (Lipinski definition) is 5. The van der Waals surface area contributed by atoms with Gasteiger partial charge >= 0.3 is 0 Å². The molecule has 0 saturated carbocycles. The summed E-state index contributed by atoms with van der Waals surface area (Å²) in [5, 5.41) is 3.59. The van der Waals surface area contributed by atoms with E-state index < -0.39 is 28.5 Å². The first-order chi connectivity index (χ1) is 22.9. The van der Waals surface area contributed by atoms with Gasteiger partial charge in [0.05, 0.1) is 17.2 Å². The lowest BCUT2D eigenvalue weighted by molar-refractivity contribution is -0.140. The highest BCUT2D eigenvalue weighted by atomic mass is 79.9.